The number of nitrogens with one attached hydrogen (secondary N) is 1. The van der Waals surface area contributed by atoms with E-state index in [0.717, 1.165) is 12.3 Å². The first-order valence-electron chi connectivity index (χ1n) is 7.79. The van der Waals surface area contributed by atoms with E-state index in [0.29, 0.717) is 19.2 Å². The van der Waals surface area contributed by atoms with Gasteiger partial charge in [0.05, 0.1) is 6.10 Å². The Morgan fingerprint density at radius 2 is 2.05 bits per heavy atom. The number of aliphatic hydroxyl groups is 1. The minimum absolute atomic E-state index is 0.0407. The zero-order valence-electron chi connectivity index (χ0n) is 12.7. The molecule has 4 heteroatoms. The summed E-state index contributed by atoms with van der Waals surface area (Å²) in [5.74, 6) is 0.752. The molecule has 0 aliphatic carbocycles. The minimum Gasteiger partial charge on any atom is -0.386 e. The standard InChI is InChI=1S/C15H30N2O2/c1-12(2)10-17-7-4-14(5-8-17)16-11-15(18)6-9-19-13(15)3/h12-14,16,18H,4-11H2,1-3H3. The van der Waals surface area contributed by atoms with Crippen LogP contribution in [0.15, 0.2) is 0 Å². The molecule has 2 aliphatic heterocycles. The highest BCUT2D eigenvalue weighted by Crippen LogP contribution is 2.25. The van der Waals surface area contributed by atoms with Crippen LogP contribution in [0, 0.1) is 5.92 Å². The maximum absolute atomic E-state index is 10.5. The molecule has 0 amide bonds. The highest BCUT2D eigenvalue weighted by Gasteiger charge is 2.39. The van der Waals surface area contributed by atoms with Gasteiger partial charge in [-0.2, -0.15) is 0 Å². The first-order chi connectivity index (χ1) is 8.99. The molecule has 19 heavy (non-hydrogen) atoms. The molecule has 0 spiro atoms. The molecule has 2 rings (SSSR count). The lowest BCUT2D eigenvalue weighted by Crippen LogP contribution is -2.51. The number of hydrogen-bond donors (Lipinski definition) is 2. The number of rotatable bonds is 5. The lowest BCUT2D eigenvalue weighted by molar-refractivity contribution is -0.0288. The van der Waals surface area contributed by atoms with Crippen LogP contribution in [0.5, 0.6) is 0 Å². The Hall–Kier alpha value is -0.160. The van der Waals surface area contributed by atoms with Crippen LogP contribution in [0.1, 0.15) is 40.0 Å². The monoisotopic (exact) mass is 270 g/mol. The van der Waals surface area contributed by atoms with Crippen LogP contribution < -0.4 is 5.32 Å². The van der Waals surface area contributed by atoms with Crippen molar-refractivity contribution in [2.45, 2.75) is 57.8 Å². The van der Waals surface area contributed by atoms with Crippen LogP contribution in [-0.2, 0) is 4.74 Å². The molecule has 2 atom stereocenters. The van der Waals surface area contributed by atoms with Gasteiger partial charge in [0.1, 0.15) is 5.60 Å². The van der Waals surface area contributed by atoms with Crippen molar-refractivity contribution in [2.75, 3.05) is 32.8 Å². The fourth-order valence-electron chi connectivity index (χ4n) is 3.16. The molecule has 0 aromatic heterocycles. The number of piperidine rings is 1. The van der Waals surface area contributed by atoms with Gasteiger partial charge in [0.15, 0.2) is 0 Å². The Balaban J connectivity index is 1.68. The predicted octanol–water partition coefficient (Wildman–Crippen LogP) is 1.24. The maximum atomic E-state index is 10.5. The number of nitrogens with zero attached hydrogens (tertiary/aromatic N) is 1. The molecule has 4 nitrogen and oxygen atoms in total. The van der Waals surface area contributed by atoms with Crippen molar-refractivity contribution in [3.05, 3.63) is 0 Å². The fraction of sp³-hybridized carbons (Fsp3) is 1.00. The summed E-state index contributed by atoms with van der Waals surface area (Å²) in [6.07, 6.45) is 3.10. The molecular formula is C15H30N2O2. The molecule has 2 N–H and O–H groups in total. The molecule has 2 unspecified atom stereocenters. The summed E-state index contributed by atoms with van der Waals surface area (Å²) in [4.78, 5) is 2.55. The molecule has 2 fully saturated rings. The number of hydrogen-bond acceptors (Lipinski definition) is 4. The highest BCUT2D eigenvalue weighted by molar-refractivity contribution is 4.93. The van der Waals surface area contributed by atoms with Gasteiger partial charge in [-0.25, -0.2) is 0 Å². The average molecular weight is 270 g/mol. The molecular weight excluding hydrogens is 240 g/mol. The molecule has 0 bridgehead atoms. The van der Waals surface area contributed by atoms with E-state index in [1.807, 2.05) is 6.92 Å². The van der Waals surface area contributed by atoms with Crippen LogP contribution in [0.4, 0.5) is 0 Å². The van der Waals surface area contributed by atoms with Crippen LogP contribution >= 0.6 is 0 Å². The summed E-state index contributed by atoms with van der Waals surface area (Å²) in [6.45, 7) is 11.5. The summed E-state index contributed by atoms with van der Waals surface area (Å²) in [7, 11) is 0. The van der Waals surface area contributed by atoms with Crippen molar-refractivity contribution in [2.24, 2.45) is 5.92 Å². The zero-order chi connectivity index (χ0) is 13.9. The Bertz CT molecular complexity index is 277. The van der Waals surface area contributed by atoms with Crippen molar-refractivity contribution in [3.8, 4) is 0 Å². The van der Waals surface area contributed by atoms with E-state index in [2.05, 4.69) is 24.1 Å². The van der Waals surface area contributed by atoms with Crippen LogP contribution in [-0.4, -0.2) is 60.5 Å². The predicted molar refractivity (Wildman–Crippen MR) is 77.3 cm³/mol. The third-order valence-electron chi connectivity index (χ3n) is 4.57. The van der Waals surface area contributed by atoms with Crippen LogP contribution in [0.25, 0.3) is 0 Å². The van der Waals surface area contributed by atoms with Crippen molar-refractivity contribution in [1.82, 2.24) is 10.2 Å². The van der Waals surface area contributed by atoms with Gasteiger partial charge < -0.3 is 20.1 Å². The summed E-state index contributed by atoms with van der Waals surface area (Å²) < 4.78 is 5.47. The summed E-state index contributed by atoms with van der Waals surface area (Å²) in [5.41, 5.74) is -0.658. The van der Waals surface area contributed by atoms with E-state index < -0.39 is 5.60 Å². The molecule has 2 saturated heterocycles. The van der Waals surface area contributed by atoms with Crippen LogP contribution in [0.3, 0.4) is 0 Å². The fourth-order valence-corrected chi connectivity index (χ4v) is 3.16. The van der Waals surface area contributed by atoms with Gasteiger partial charge in [0.25, 0.3) is 0 Å². The maximum Gasteiger partial charge on any atom is 0.105 e. The van der Waals surface area contributed by atoms with Gasteiger partial charge in [-0.1, -0.05) is 13.8 Å². The van der Waals surface area contributed by atoms with Gasteiger partial charge >= 0.3 is 0 Å². The van der Waals surface area contributed by atoms with E-state index in [9.17, 15) is 5.11 Å². The second-order valence-corrected chi connectivity index (χ2v) is 6.72. The third-order valence-corrected chi connectivity index (χ3v) is 4.57. The van der Waals surface area contributed by atoms with E-state index in [1.54, 1.807) is 0 Å². The Kier molecular flexibility index (Phi) is 5.23. The molecule has 2 aliphatic rings. The first kappa shape index (κ1) is 15.2. The molecule has 0 aromatic rings. The summed E-state index contributed by atoms with van der Waals surface area (Å²) >= 11 is 0. The van der Waals surface area contributed by atoms with Crippen molar-refractivity contribution >= 4 is 0 Å². The number of ether oxygens (including phenoxy) is 1. The molecule has 112 valence electrons. The van der Waals surface area contributed by atoms with E-state index in [4.69, 9.17) is 4.74 Å². The Morgan fingerprint density at radius 1 is 1.37 bits per heavy atom. The van der Waals surface area contributed by atoms with Crippen molar-refractivity contribution in [3.63, 3.8) is 0 Å². The highest BCUT2D eigenvalue weighted by atomic mass is 16.5. The lowest BCUT2D eigenvalue weighted by atomic mass is 9.95. The molecule has 0 radical (unpaired) electrons. The SMILES string of the molecule is CC(C)CN1CCC(NCC2(O)CCOC2C)CC1. The van der Waals surface area contributed by atoms with Gasteiger partial charge in [0, 0.05) is 32.2 Å². The lowest BCUT2D eigenvalue weighted by Gasteiger charge is -2.35. The second-order valence-electron chi connectivity index (χ2n) is 6.72. The average Bonchev–Trinajstić information content (AvgIpc) is 2.69. The van der Waals surface area contributed by atoms with E-state index >= 15 is 0 Å². The van der Waals surface area contributed by atoms with E-state index in [1.165, 1.54) is 32.5 Å². The molecule has 0 aromatic carbocycles. The third kappa shape index (κ3) is 4.15. The van der Waals surface area contributed by atoms with Gasteiger partial charge in [-0.15, -0.1) is 0 Å². The van der Waals surface area contributed by atoms with Crippen molar-refractivity contribution < 1.29 is 9.84 Å². The van der Waals surface area contributed by atoms with Crippen molar-refractivity contribution in [1.29, 1.82) is 0 Å². The van der Waals surface area contributed by atoms with Gasteiger partial charge in [0.2, 0.25) is 0 Å². The normalized spacial score (nSPS) is 34.3. The quantitative estimate of drug-likeness (QED) is 0.789. The van der Waals surface area contributed by atoms with Gasteiger partial charge in [-0.05, 0) is 38.8 Å². The topological polar surface area (TPSA) is 44.7 Å². The van der Waals surface area contributed by atoms with Gasteiger partial charge in [-0.3, -0.25) is 0 Å². The Labute approximate surface area is 117 Å². The summed E-state index contributed by atoms with van der Waals surface area (Å²) in [6, 6.07) is 0.556. The summed E-state index contributed by atoms with van der Waals surface area (Å²) in [5, 5.41) is 14.0. The largest absolute Gasteiger partial charge is 0.386 e. The molecule has 2 heterocycles. The minimum atomic E-state index is -0.658. The molecule has 0 saturated carbocycles. The second kappa shape index (κ2) is 6.53. The number of likely N-dealkylation sites (tertiary alicyclic amines) is 1. The first-order valence-corrected chi connectivity index (χ1v) is 7.79. The smallest absolute Gasteiger partial charge is 0.105 e. The zero-order valence-corrected chi connectivity index (χ0v) is 12.7. The van der Waals surface area contributed by atoms with Crippen LogP contribution in [0.2, 0.25) is 0 Å². The van der Waals surface area contributed by atoms with E-state index in [-0.39, 0.29) is 6.10 Å². The Morgan fingerprint density at radius 3 is 2.58 bits per heavy atom.